The number of hydrogen-bond donors (Lipinski definition) is 1. The van der Waals surface area contributed by atoms with Crippen molar-refractivity contribution in [2.45, 2.75) is 19.4 Å². The second kappa shape index (κ2) is 8.59. The number of pyridine rings is 2. The molecule has 0 unspecified atom stereocenters. The summed E-state index contributed by atoms with van der Waals surface area (Å²) in [4.78, 5) is 35.9. The first-order valence-corrected chi connectivity index (χ1v) is 10.7. The highest BCUT2D eigenvalue weighted by Gasteiger charge is 2.20. The van der Waals surface area contributed by atoms with Gasteiger partial charge in [-0.1, -0.05) is 30.3 Å². The first-order chi connectivity index (χ1) is 15.7. The van der Waals surface area contributed by atoms with E-state index in [0.717, 1.165) is 40.7 Å². The van der Waals surface area contributed by atoms with Crippen molar-refractivity contribution in [3.8, 4) is 11.3 Å². The molecule has 158 valence electrons. The molecular formula is C26H22N4O2. The maximum atomic E-state index is 13.3. The molecule has 6 heteroatoms. The summed E-state index contributed by atoms with van der Waals surface area (Å²) < 4.78 is 0. The molecule has 0 radical (unpaired) electrons. The Morgan fingerprint density at radius 2 is 1.84 bits per heavy atom. The Morgan fingerprint density at radius 1 is 1.00 bits per heavy atom. The summed E-state index contributed by atoms with van der Waals surface area (Å²) in [6.07, 6.45) is 4.95. The van der Waals surface area contributed by atoms with Crippen molar-refractivity contribution in [3.05, 3.63) is 90.3 Å². The summed E-state index contributed by atoms with van der Waals surface area (Å²) in [7, 11) is 0. The van der Waals surface area contributed by atoms with E-state index in [1.165, 1.54) is 0 Å². The van der Waals surface area contributed by atoms with Crippen molar-refractivity contribution >= 4 is 28.4 Å². The molecule has 2 amide bonds. The lowest BCUT2D eigenvalue weighted by Gasteiger charge is -2.16. The zero-order valence-corrected chi connectivity index (χ0v) is 17.5. The molecule has 32 heavy (non-hydrogen) atoms. The smallest absolute Gasteiger partial charge is 0.256 e. The van der Waals surface area contributed by atoms with E-state index in [9.17, 15) is 9.59 Å². The van der Waals surface area contributed by atoms with Gasteiger partial charge in [0.1, 0.15) is 0 Å². The fourth-order valence-electron chi connectivity index (χ4n) is 4.07. The molecule has 1 N–H and O–H groups in total. The zero-order valence-electron chi connectivity index (χ0n) is 17.5. The van der Waals surface area contributed by atoms with Crippen LogP contribution in [0.25, 0.3) is 22.2 Å². The second-order valence-corrected chi connectivity index (χ2v) is 7.88. The van der Waals surface area contributed by atoms with Crippen LogP contribution in [0.3, 0.4) is 0 Å². The molecule has 2 aromatic carbocycles. The van der Waals surface area contributed by atoms with Crippen LogP contribution in [0.5, 0.6) is 0 Å². The number of amides is 2. The Bertz CT molecular complexity index is 1300. The maximum Gasteiger partial charge on any atom is 0.256 e. The first-order valence-electron chi connectivity index (χ1n) is 10.7. The number of para-hydroxylation sites is 1. The van der Waals surface area contributed by atoms with Gasteiger partial charge >= 0.3 is 0 Å². The molecule has 5 rings (SSSR count). The van der Waals surface area contributed by atoms with Crippen LogP contribution in [0.1, 0.15) is 28.8 Å². The van der Waals surface area contributed by atoms with Gasteiger partial charge in [0.2, 0.25) is 5.91 Å². The van der Waals surface area contributed by atoms with E-state index in [1.807, 2.05) is 71.6 Å². The van der Waals surface area contributed by atoms with Crippen LogP contribution < -0.4 is 5.32 Å². The molecular weight excluding hydrogens is 400 g/mol. The third kappa shape index (κ3) is 4.07. The minimum Gasteiger partial charge on any atom is -0.338 e. The van der Waals surface area contributed by atoms with E-state index < -0.39 is 0 Å². The number of fused-ring (bicyclic) bond motifs is 1. The Morgan fingerprint density at radius 3 is 2.66 bits per heavy atom. The van der Waals surface area contributed by atoms with Crippen molar-refractivity contribution in [2.24, 2.45) is 0 Å². The average molecular weight is 422 g/mol. The van der Waals surface area contributed by atoms with Crippen LogP contribution in [-0.4, -0.2) is 33.2 Å². The van der Waals surface area contributed by atoms with Gasteiger partial charge < -0.3 is 10.2 Å². The number of hydrogen-bond acceptors (Lipinski definition) is 4. The summed E-state index contributed by atoms with van der Waals surface area (Å²) in [5.74, 6) is -0.0142. The minimum absolute atomic E-state index is 0.186. The number of carbonyl (C=O) groups is 2. The number of likely N-dealkylation sites (tertiary alicyclic amines) is 1. The van der Waals surface area contributed by atoms with Crippen molar-refractivity contribution in [3.63, 3.8) is 0 Å². The SMILES string of the molecule is O=C(Nc1cccc(CN2CCCC2=O)c1)c1cc(-c2ccncc2)nc2ccccc12. The van der Waals surface area contributed by atoms with Gasteiger partial charge in [-0.3, -0.25) is 14.6 Å². The molecule has 0 aliphatic carbocycles. The van der Waals surface area contributed by atoms with Gasteiger partial charge in [-0.25, -0.2) is 4.98 Å². The molecule has 1 fully saturated rings. The summed E-state index contributed by atoms with van der Waals surface area (Å²) in [5.41, 5.74) is 4.63. The fourth-order valence-corrected chi connectivity index (χ4v) is 4.07. The van der Waals surface area contributed by atoms with Crippen molar-refractivity contribution < 1.29 is 9.59 Å². The van der Waals surface area contributed by atoms with Gasteiger partial charge in [-0.05, 0) is 48.4 Å². The Balaban J connectivity index is 1.45. The van der Waals surface area contributed by atoms with Gasteiger partial charge in [-0.2, -0.15) is 0 Å². The number of nitrogens with zero attached hydrogens (tertiary/aromatic N) is 3. The molecule has 1 aliphatic heterocycles. The summed E-state index contributed by atoms with van der Waals surface area (Å²) in [6.45, 7) is 1.35. The average Bonchev–Trinajstić information content (AvgIpc) is 3.23. The van der Waals surface area contributed by atoms with Crippen LogP contribution in [0.15, 0.2) is 79.1 Å². The van der Waals surface area contributed by atoms with Crippen LogP contribution >= 0.6 is 0 Å². The van der Waals surface area contributed by atoms with E-state index in [0.29, 0.717) is 24.2 Å². The molecule has 3 heterocycles. The van der Waals surface area contributed by atoms with Gasteiger partial charge in [0.05, 0.1) is 16.8 Å². The van der Waals surface area contributed by atoms with E-state index in [4.69, 9.17) is 4.98 Å². The van der Waals surface area contributed by atoms with E-state index in [-0.39, 0.29) is 11.8 Å². The first kappa shape index (κ1) is 19.9. The molecule has 6 nitrogen and oxygen atoms in total. The van der Waals surface area contributed by atoms with Crippen LogP contribution in [0, 0.1) is 0 Å². The quantitative estimate of drug-likeness (QED) is 0.507. The van der Waals surface area contributed by atoms with E-state index >= 15 is 0 Å². The number of aromatic nitrogens is 2. The Labute approximate surface area is 185 Å². The Hall–Kier alpha value is -4.06. The highest BCUT2D eigenvalue weighted by molar-refractivity contribution is 6.13. The largest absolute Gasteiger partial charge is 0.338 e. The fraction of sp³-hybridized carbons (Fsp3) is 0.154. The van der Waals surface area contributed by atoms with Crippen LogP contribution in [-0.2, 0) is 11.3 Å². The lowest BCUT2D eigenvalue weighted by atomic mass is 10.0. The van der Waals surface area contributed by atoms with Crippen LogP contribution in [0.4, 0.5) is 5.69 Å². The summed E-state index contributed by atoms with van der Waals surface area (Å²) in [6, 6.07) is 20.9. The van der Waals surface area contributed by atoms with E-state index in [1.54, 1.807) is 12.4 Å². The number of rotatable bonds is 5. The third-order valence-electron chi connectivity index (χ3n) is 5.67. The zero-order chi connectivity index (χ0) is 21.9. The van der Waals surface area contributed by atoms with Crippen molar-refractivity contribution in [2.75, 3.05) is 11.9 Å². The number of nitrogens with one attached hydrogen (secondary N) is 1. The van der Waals surface area contributed by atoms with Gasteiger partial charge in [0.15, 0.2) is 0 Å². The summed E-state index contributed by atoms with van der Waals surface area (Å²) >= 11 is 0. The highest BCUT2D eigenvalue weighted by atomic mass is 16.2. The molecule has 1 aliphatic rings. The van der Waals surface area contributed by atoms with E-state index in [2.05, 4.69) is 10.3 Å². The Kier molecular flexibility index (Phi) is 5.34. The second-order valence-electron chi connectivity index (χ2n) is 7.88. The predicted octanol–water partition coefficient (Wildman–Crippen LogP) is 4.67. The van der Waals surface area contributed by atoms with Gasteiger partial charge in [0.25, 0.3) is 5.91 Å². The van der Waals surface area contributed by atoms with Crippen molar-refractivity contribution in [1.82, 2.24) is 14.9 Å². The predicted molar refractivity (Wildman–Crippen MR) is 124 cm³/mol. The summed E-state index contributed by atoms with van der Waals surface area (Å²) in [5, 5.41) is 3.82. The lowest BCUT2D eigenvalue weighted by molar-refractivity contribution is -0.128. The molecule has 4 aromatic rings. The monoisotopic (exact) mass is 422 g/mol. The van der Waals surface area contributed by atoms with Crippen LogP contribution in [0.2, 0.25) is 0 Å². The molecule has 0 spiro atoms. The maximum absolute atomic E-state index is 13.3. The topological polar surface area (TPSA) is 75.2 Å². The minimum atomic E-state index is -0.201. The molecule has 1 saturated heterocycles. The van der Waals surface area contributed by atoms with Gasteiger partial charge in [-0.15, -0.1) is 0 Å². The third-order valence-corrected chi connectivity index (χ3v) is 5.67. The highest BCUT2D eigenvalue weighted by Crippen LogP contribution is 2.26. The number of benzene rings is 2. The molecule has 0 atom stereocenters. The van der Waals surface area contributed by atoms with Gasteiger partial charge in [0, 0.05) is 48.5 Å². The number of anilines is 1. The number of carbonyl (C=O) groups excluding carboxylic acids is 2. The normalized spacial score (nSPS) is 13.5. The standard InChI is InChI=1S/C26H22N4O2/c31-25-9-4-14-30(25)17-18-5-3-6-20(15-18)28-26(32)22-16-24(19-10-12-27-13-11-19)29-23-8-2-1-7-21(22)23/h1-3,5-8,10-13,15-16H,4,9,14,17H2,(H,28,32). The molecule has 2 aromatic heterocycles. The molecule has 0 saturated carbocycles. The van der Waals surface area contributed by atoms with Crippen molar-refractivity contribution in [1.29, 1.82) is 0 Å². The molecule has 0 bridgehead atoms. The lowest BCUT2D eigenvalue weighted by Crippen LogP contribution is -2.23.